The second-order valence-electron chi connectivity index (χ2n) is 7.50. The molecule has 31 heavy (non-hydrogen) atoms. The van der Waals surface area contributed by atoms with Crippen LogP contribution in [0.1, 0.15) is 28.4 Å². The number of hydrogen-bond donors (Lipinski definition) is 0. The molecule has 0 aromatic heterocycles. The van der Waals surface area contributed by atoms with Crippen LogP contribution >= 0.6 is 0 Å². The summed E-state index contributed by atoms with van der Waals surface area (Å²) in [6.45, 7) is 4.27. The van der Waals surface area contributed by atoms with Gasteiger partial charge in [0.2, 0.25) is 0 Å². The first-order valence-corrected chi connectivity index (χ1v) is 10.2. The van der Waals surface area contributed by atoms with Gasteiger partial charge in [0, 0.05) is 30.4 Å². The van der Waals surface area contributed by atoms with E-state index < -0.39 is 0 Å². The number of anilines is 2. The summed E-state index contributed by atoms with van der Waals surface area (Å²) in [6.07, 6.45) is 0.640. The Morgan fingerprint density at radius 2 is 1.65 bits per heavy atom. The Labute approximate surface area is 183 Å². The normalized spacial score (nSPS) is 15.3. The minimum Gasteiger partial charge on any atom is -0.493 e. The van der Waals surface area contributed by atoms with Gasteiger partial charge in [-0.25, -0.2) is 0 Å². The molecule has 1 aliphatic heterocycles. The molecule has 1 aliphatic rings. The number of rotatable bonds is 5. The number of amides is 1. The van der Waals surface area contributed by atoms with Gasteiger partial charge in [0.1, 0.15) is 0 Å². The van der Waals surface area contributed by atoms with Crippen LogP contribution in [0.3, 0.4) is 0 Å². The minimum atomic E-state index is -0.140. The van der Waals surface area contributed by atoms with E-state index in [1.165, 1.54) is 0 Å². The summed E-state index contributed by atoms with van der Waals surface area (Å²) in [5.74, 6) is 0.964. The highest BCUT2D eigenvalue weighted by Gasteiger charge is 2.34. The average Bonchev–Trinajstić information content (AvgIpc) is 2.82. The summed E-state index contributed by atoms with van der Waals surface area (Å²) in [6, 6.07) is 23.6. The quantitative estimate of drug-likeness (QED) is 0.557. The number of benzene rings is 3. The molecule has 0 N–H and O–H groups in total. The third-order valence-corrected chi connectivity index (χ3v) is 5.75. The van der Waals surface area contributed by atoms with Crippen LogP contribution in [-0.4, -0.2) is 27.2 Å². The molecule has 1 atom stereocenters. The zero-order valence-corrected chi connectivity index (χ0v) is 18.0. The Kier molecular flexibility index (Phi) is 5.67. The van der Waals surface area contributed by atoms with E-state index in [0.29, 0.717) is 23.5 Å². The van der Waals surface area contributed by atoms with Crippen molar-refractivity contribution in [1.29, 1.82) is 0 Å². The maximum atomic E-state index is 13.5. The number of hydrogen-bond acceptors (Lipinski definition) is 4. The summed E-state index contributed by atoms with van der Waals surface area (Å²) in [5, 5.41) is 0. The molecule has 5 nitrogen and oxygen atoms in total. The van der Waals surface area contributed by atoms with Gasteiger partial charge in [-0.3, -0.25) is 9.69 Å². The van der Waals surface area contributed by atoms with Crippen LogP contribution in [0.2, 0.25) is 0 Å². The predicted octanol–water partition coefficient (Wildman–Crippen LogP) is 5.45. The highest BCUT2D eigenvalue weighted by molar-refractivity contribution is 6.09. The lowest BCUT2D eigenvalue weighted by atomic mass is 9.92. The highest BCUT2D eigenvalue weighted by Crippen LogP contribution is 2.43. The third-order valence-electron chi connectivity index (χ3n) is 5.75. The second kappa shape index (κ2) is 8.56. The first kappa shape index (κ1) is 20.5. The summed E-state index contributed by atoms with van der Waals surface area (Å²) < 4.78 is 10.7. The summed E-state index contributed by atoms with van der Waals surface area (Å²) in [5.41, 5.74) is 4.34. The molecule has 0 saturated heterocycles. The van der Waals surface area contributed by atoms with Crippen molar-refractivity contribution in [3.63, 3.8) is 0 Å². The Morgan fingerprint density at radius 3 is 2.35 bits per heavy atom. The number of fused-ring (bicyclic) bond motifs is 1. The first-order chi connectivity index (χ1) is 15.0. The van der Waals surface area contributed by atoms with Gasteiger partial charge in [0.25, 0.3) is 5.91 Å². The van der Waals surface area contributed by atoms with Gasteiger partial charge >= 0.3 is 0 Å². The Hall–Kier alpha value is -3.73. The minimum absolute atomic E-state index is 0.0838. The van der Waals surface area contributed by atoms with Crippen LogP contribution in [0.4, 0.5) is 11.4 Å². The number of para-hydroxylation sites is 2. The van der Waals surface area contributed by atoms with Crippen molar-refractivity contribution in [2.75, 3.05) is 31.1 Å². The Balaban J connectivity index is 1.73. The molecule has 3 aromatic rings. The highest BCUT2D eigenvalue weighted by atomic mass is 16.5. The average molecular weight is 415 g/mol. The van der Waals surface area contributed by atoms with E-state index >= 15 is 0 Å². The molecule has 1 heterocycles. The van der Waals surface area contributed by atoms with Crippen molar-refractivity contribution in [3.8, 4) is 11.5 Å². The molecule has 158 valence electrons. The van der Waals surface area contributed by atoms with E-state index in [1.54, 1.807) is 37.3 Å². The molecule has 5 heteroatoms. The van der Waals surface area contributed by atoms with Crippen molar-refractivity contribution < 1.29 is 14.3 Å². The predicted molar refractivity (Wildman–Crippen MR) is 124 cm³/mol. The SMILES string of the molecule is C=C1CC(N(C)c2ccccc2)c2ccccc2N1C(=O)c1ccc(OC)c(OC)c1. The zero-order valence-electron chi connectivity index (χ0n) is 18.0. The van der Waals surface area contributed by atoms with Crippen molar-refractivity contribution in [3.05, 3.63) is 96.2 Å². The summed E-state index contributed by atoms with van der Waals surface area (Å²) >= 11 is 0. The van der Waals surface area contributed by atoms with Crippen LogP contribution in [0.15, 0.2) is 85.1 Å². The number of nitrogens with zero attached hydrogens (tertiary/aromatic N) is 2. The van der Waals surface area contributed by atoms with Gasteiger partial charge in [-0.05, 0) is 42.0 Å². The van der Waals surface area contributed by atoms with Crippen molar-refractivity contribution in [2.24, 2.45) is 0 Å². The van der Waals surface area contributed by atoms with Gasteiger partial charge < -0.3 is 14.4 Å². The van der Waals surface area contributed by atoms with Crippen LogP contribution in [0.5, 0.6) is 11.5 Å². The van der Waals surface area contributed by atoms with Crippen LogP contribution in [0.25, 0.3) is 0 Å². The van der Waals surface area contributed by atoms with Crippen LogP contribution in [-0.2, 0) is 0 Å². The van der Waals surface area contributed by atoms with Crippen molar-refractivity contribution >= 4 is 17.3 Å². The zero-order chi connectivity index (χ0) is 22.0. The lowest BCUT2D eigenvalue weighted by Gasteiger charge is -2.40. The Bertz CT molecular complexity index is 1110. The first-order valence-electron chi connectivity index (χ1n) is 10.2. The third kappa shape index (κ3) is 3.75. The molecule has 0 saturated carbocycles. The number of carbonyl (C=O) groups excluding carboxylic acids is 1. The fourth-order valence-electron chi connectivity index (χ4n) is 4.11. The van der Waals surface area contributed by atoms with Crippen LogP contribution < -0.4 is 19.3 Å². The summed E-state index contributed by atoms with van der Waals surface area (Å²) in [7, 11) is 5.21. The topological polar surface area (TPSA) is 42.0 Å². The standard InChI is InChI=1S/C26H26N2O3/c1-18-16-23(27(2)20-10-6-5-7-11-20)21-12-8-9-13-22(21)28(18)26(29)19-14-15-24(30-3)25(17-19)31-4/h5-15,17,23H,1,16H2,2-4H3. The molecular weight excluding hydrogens is 388 g/mol. The molecular formula is C26H26N2O3. The molecule has 0 aliphatic carbocycles. The van der Waals surface area contributed by atoms with Gasteiger partial charge in [-0.15, -0.1) is 0 Å². The van der Waals surface area contributed by atoms with Gasteiger partial charge in [0.15, 0.2) is 11.5 Å². The van der Waals surface area contributed by atoms with Gasteiger partial charge in [-0.1, -0.05) is 43.0 Å². The van der Waals surface area contributed by atoms with Crippen molar-refractivity contribution in [2.45, 2.75) is 12.5 Å². The molecule has 1 unspecified atom stereocenters. The molecule has 0 spiro atoms. The fourth-order valence-corrected chi connectivity index (χ4v) is 4.11. The van der Waals surface area contributed by atoms with E-state index in [0.717, 1.165) is 22.6 Å². The van der Waals surface area contributed by atoms with E-state index in [2.05, 4.69) is 36.7 Å². The molecule has 0 radical (unpaired) electrons. The molecule has 4 rings (SSSR count). The smallest absolute Gasteiger partial charge is 0.262 e. The Morgan fingerprint density at radius 1 is 0.968 bits per heavy atom. The maximum Gasteiger partial charge on any atom is 0.262 e. The van der Waals surface area contributed by atoms with E-state index in [4.69, 9.17) is 9.47 Å². The molecule has 0 bridgehead atoms. The van der Waals surface area contributed by atoms with Crippen molar-refractivity contribution in [1.82, 2.24) is 0 Å². The summed E-state index contributed by atoms with van der Waals surface area (Å²) in [4.78, 5) is 17.5. The maximum absolute atomic E-state index is 13.5. The number of ether oxygens (including phenoxy) is 2. The lowest BCUT2D eigenvalue weighted by molar-refractivity contribution is 0.0992. The molecule has 0 fully saturated rings. The number of methoxy groups -OCH3 is 2. The molecule has 1 amide bonds. The largest absolute Gasteiger partial charge is 0.493 e. The fraction of sp³-hybridized carbons (Fsp3) is 0.192. The van der Waals surface area contributed by atoms with E-state index in [-0.39, 0.29) is 11.9 Å². The van der Waals surface area contributed by atoms with E-state index in [9.17, 15) is 4.79 Å². The van der Waals surface area contributed by atoms with E-state index in [1.807, 2.05) is 36.4 Å². The van der Waals surface area contributed by atoms with Crippen LogP contribution in [0, 0.1) is 0 Å². The van der Waals surface area contributed by atoms with Gasteiger partial charge in [0.05, 0.1) is 25.9 Å². The molecule has 3 aromatic carbocycles. The van der Waals surface area contributed by atoms with Gasteiger partial charge in [-0.2, -0.15) is 0 Å². The monoisotopic (exact) mass is 414 g/mol. The number of carbonyl (C=O) groups is 1. The second-order valence-corrected chi connectivity index (χ2v) is 7.50. The lowest BCUT2D eigenvalue weighted by Crippen LogP contribution is -2.38.